The van der Waals surface area contributed by atoms with Gasteiger partial charge in [0.25, 0.3) is 5.91 Å². The van der Waals surface area contributed by atoms with Crippen molar-refractivity contribution in [3.63, 3.8) is 0 Å². The molecule has 2 N–H and O–H groups in total. The van der Waals surface area contributed by atoms with E-state index in [0.29, 0.717) is 12.1 Å². The topological polar surface area (TPSA) is 52.6 Å². The molecule has 1 aromatic rings. The van der Waals surface area contributed by atoms with E-state index < -0.39 is 5.82 Å². The smallest absolute Gasteiger partial charge is 0.256 e. The molecule has 0 saturated carbocycles. The van der Waals surface area contributed by atoms with Gasteiger partial charge in [-0.25, -0.2) is 4.39 Å². The fourth-order valence-corrected chi connectivity index (χ4v) is 2.75. The number of halogens is 1. The summed E-state index contributed by atoms with van der Waals surface area (Å²) < 4.78 is 13.8. The van der Waals surface area contributed by atoms with Gasteiger partial charge in [0.1, 0.15) is 5.82 Å². The molecular formula is C15H21FN2O2. The largest absolute Gasteiger partial charge is 0.394 e. The zero-order chi connectivity index (χ0) is 14.5. The summed E-state index contributed by atoms with van der Waals surface area (Å²) >= 11 is 0. The maximum atomic E-state index is 13.8. The van der Waals surface area contributed by atoms with E-state index >= 15 is 0 Å². The van der Waals surface area contributed by atoms with E-state index in [-0.39, 0.29) is 24.2 Å². The summed E-state index contributed by atoms with van der Waals surface area (Å²) in [6.45, 7) is 0.569. The molecule has 1 atom stereocenters. The van der Waals surface area contributed by atoms with E-state index in [0.717, 1.165) is 25.7 Å². The second-order valence-corrected chi connectivity index (χ2v) is 5.10. The molecule has 1 aliphatic rings. The van der Waals surface area contributed by atoms with E-state index in [9.17, 15) is 14.3 Å². The molecule has 1 fully saturated rings. The predicted octanol–water partition coefficient (Wildman–Crippen LogP) is 2.24. The number of hydrogen-bond donors (Lipinski definition) is 2. The highest BCUT2D eigenvalue weighted by atomic mass is 19.1. The van der Waals surface area contributed by atoms with Gasteiger partial charge in [-0.1, -0.05) is 18.9 Å². The lowest BCUT2D eigenvalue weighted by Gasteiger charge is -2.29. The van der Waals surface area contributed by atoms with Gasteiger partial charge >= 0.3 is 0 Å². The number of likely N-dealkylation sites (tertiary alicyclic amines) is 1. The number of nitrogens with one attached hydrogen (secondary N) is 1. The number of para-hydroxylation sites is 1. The maximum absolute atomic E-state index is 13.8. The Morgan fingerprint density at radius 2 is 2.25 bits per heavy atom. The summed E-state index contributed by atoms with van der Waals surface area (Å²) in [6, 6.07) is 4.32. The third-order valence-electron chi connectivity index (χ3n) is 3.84. The Balaban J connectivity index is 2.31. The van der Waals surface area contributed by atoms with Crippen molar-refractivity contribution in [1.29, 1.82) is 0 Å². The molecule has 0 spiro atoms. The van der Waals surface area contributed by atoms with Crippen molar-refractivity contribution >= 4 is 11.6 Å². The highest BCUT2D eigenvalue weighted by Gasteiger charge is 2.27. The summed E-state index contributed by atoms with van der Waals surface area (Å²) in [7, 11) is 1.60. The third-order valence-corrected chi connectivity index (χ3v) is 3.84. The first kappa shape index (κ1) is 14.8. The van der Waals surface area contributed by atoms with E-state index in [4.69, 9.17) is 0 Å². The van der Waals surface area contributed by atoms with Crippen molar-refractivity contribution in [3.05, 3.63) is 29.6 Å². The molecule has 1 aromatic carbocycles. The summed E-state index contributed by atoms with van der Waals surface area (Å²) in [5.74, 6) is -0.650. The van der Waals surface area contributed by atoms with Crippen molar-refractivity contribution in [3.8, 4) is 0 Å². The second kappa shape index (κ2) is 6.70. The Bertz CT molecular complexity index is 479. The zero-order valence-corrected chi connectivity index (χ0v) is 11.7. The minimum absolute atomic E-state index is 0.0457. The van der Waals surface area contributed by atoms with Gasteiger partial charge < -0.3 is 15.3 Å². The number of carbonyl (C=O) groups excluding carboxylic acids is 1. The minimum atomic E-state index is -0.436. The first-order chi connectivity index (χ1) is 9.69. The van der Waals surface area contributed by atoms with Crippen LogP contribution in [0.4, 0.5) is 10.1 Å². The first-order valence-electron chi connectivity index (χ1n) is 7.07. The lowest BCUT2D eigenvalue weighted by atomic mass is 10.1. The van der Waals surface area contributed by atoms with Gasteiger partial charge in [0.05, 0.1) is 23.9 Å². The van der Waals surface area contributed by atoms with Gasteiger partial charge in [-0.15, -0.1) is 0 Å². The number of anilines is 1. The molecule has 1 aliphatic heterocycles. The first-order valence-corrected chi connectivity index (χ1v) is 7.07. The number of aliphatic hydroxyl groups is 1. The van der Waals surface area contributed by atoms with Gasteiger partial charge in [-0.2, -0.15) is 0 Å². The minimum Gasteiger partial charge on any atom is -0.394 e. The molecule has 0 radical (unpaired) electrons. The number of rotatable bonds is 3. The van der Waals surface area contributed by atoms with Crippen molar-refractivity contribution in [2.24, 2.45) is 0 Å². The Morgan fingerprint density at radius 3 is 2.95 bits per heavy atom. The Morgan fingerprint density at radius 1 is 1.45 bits per heavy atom. The number of aliphatic hydroxyl groups excluding tert-OH is 1. The summed E-state index contributed by atoms with van der Waals surface area (Å²) in [5.41, 5.74) is 0.547. The lowest BCUT2D eigenvalue weighted by molar-refractivity contribution is 0.0600. The molecular weight excluding hydrogens is 259 g/mol. The van der Waals surface area contributed by atoms with Gasteiger partial charge in [-0.3, -0.25) is 4.79 Å². The second-order valence-electron chi connectivity index (χ2n) is 5.10. The summed E-state index contributed by atoms with van der Waals surface area (Å²) in [6.07, 6.45) is 3.79. The molecule has 2 rings (SSSR count). The molecule has 5 heteroatoms. The molecule has 4 nitrogen and oxygen atoms in total. The lowest BCUT2D eigenvalue weighted by Crippen LogP contribution is -2.42. The fraction of sp³-hybridized carbons (Fsp3) is 0.533. The van der Waals surface area contributed by atoms with E-state index in [1.54, 1.807) is 18.0 Å². The van der Waals surface area contributed by atoms with Crippen molar-refractivity contribution in [2.75, 3.05) is 25.5 Å². The number of carbonyl (C=O) groups is 1. The molecule has 20 heavy (non-hydrogen) atoms. The molecule has 1 unspecified atom stereocenters. The van der Waals surface area contributed by atoms with E-state index in [1.165, 1.54) is 12.1 Å². The van der Waals surface area contributed by atoms with Crippen molar-refractivity contribution < 1.29 is 14.3 Å². The molecule has 1 amide bonds. The van der Waals surface area contributed by atoms with Gasteiger partial charge in [-0.05, 0) is 25.0 Å². The standard InChI is InChI=1S/C15H21FN2O2/c1-17-14-12(7-5-8-13(14)16)15(20)18-9-4-2-3-6-11(18)10-19/h5,7-8,11,17,19H,2-4,6,9-10H2,1H3. The molecule has 0 bridgehead atoms. The number of nitrogens with zero attached hydrogens (tertiary/aromatic N) is 1. The number of amides is 1. The van der Waals surface area contributed by atoms with Crippen LogP contribution in [0.3, 0.4) is 0 Å². The monoisotopic (exact) mass is 280 g/mol. The van der Waals surface area contributed by atoms with Crippen LogP contribution in [0.1, 0.15) is 36.0 Å². The normalized spacial score (nSPS) is 19.6. The molecule has 0 aromatic heterocycles. The van der Waals surface area contributed by atoms with Gasteiger partial charge in [0.2, 0.25) is 0 Å². The van der Waals surface area contributed by atoms with Crippen molar-refractivity contribution in [2.45, 2.75) is 31.7 Å². The average molecular weight is 280 g/mol. The average Bonchev–Trinajstić information content (AvgIpc) is 2.71. The van der Waals surface area contributed by atoms with Crippen LogP contribution in [0.15, 0.2) is 18.2 Å². The highest BCUT2D eigenvalue weighted by molar-refractivity contribution is 5.99. The van der Waals surface area contributed by atoms with Crippen LogP contribution in [0.2, 0.25) is 0 Å². The summed E-state index contributed by atoms with van der Waals surface area (Å²) in [5, 5.41) is 12.2. The van der Waals surface area contributed by atoms with Crippen LogP contribution in [-0.2, 0) is 0 Å². The Hall–Kier alpha value is -1.62. The van der Waals surface area contributed by atoms with Crippen LogP contribution in [-0.4, -0.2) is 42.2 Å². The molecule has 0 aliphatic carbocycles. The van der Waals surface area contributed by atoms with Gasteiger partial charge in [0.15, 0.2) is 0 Å². The maximum Gasteiger partial charge on any atom is 0.256 e. The Labute approximate surface area is 118 Å². The molecule has 110 valence electrons. The molecule has 1 saturated heterocycles. The van der Waals surface area contributed by atoms with E-state index in [2.05, 4.69) is 5.32 Å². The van der Waals surface area contributed by atoms with Crippen LogP contribution in [0, 0.1) is 5.82 Å². The Kier molecular flexibility index (Phi) is 4.95. The fourth-order valence-electron chi connectivity index (χ4n) is 2.75. The van der Waals surface area contributed by atoms with Crippen LogP contribution in [0.5, 0.6) is 0 Å². The van der Waals surface area contributed by atoms with Crippen LogP contribution >= 0.6 is 0 Å². The van der Waals surface area contributed by atoms with Gasteiger partial charge in [0, 0.05) is 13.6 Å². The SMILES string of the molecule is CNc1c(F)cccc1C(=O)N1CCCCCC1CO. The van der Waals surface area contributed by atoms with Crippen LogP contribution < -0.4 is 5.32 Å². The zero-order valence-electron chi connectivity index (χ0n) is 11.7. The highest BCUT2D eigenvalue weighted by Crippen LogP contribution is 2.24. The van der Waals surface area contributed by atoms with Crippen molar-refractivity contribution in [1.82, 2.24) is 4.90 Å². The molecule has 1 heterocycles. The van der Waals surface area contributed by atoms with Crippen LogP contribution in [0.25, 0.3) is 0 Å². The quantitative estimate of drug-likeness (QED) is 0.893. The third kappa shape index (κ3) is 2.93. The summed E-state index contributed by atoms with van der Waals surface area (Å²) in [4.78, 5) is 14.3. The number of hydrogen-bond acceptors (Lipinski definition) is 3. The van der Waals surface area contributed by atoms with E-state index in [1.807, 2.05) is 0 Å². The number of benzene rings is 1. The predicted molar refractivity (Wildman–Crippen MR) is 76.3 cm³/mol.